The monoisotopic (exact) mass is 544 g/mol. The number of methoxy groups -OCH3 is 1. The van der Waals surface area contributed by atoms with Gasteiger partial charge in [0.25, 0.3) is 0 Å². The number of rotatable bonds is 5. The number of hydrogen-bond acceptors (Lipinski definition) is 8. The molecule has 10 nitrogen and oxygen atoms in total. The van der Waals surface area contributed by atoms with Crippen LogP contribution < -0.4 is 9.64 Å². The molecule has 0 radical (unpaired) electrons. The van der Waals surface area contributed by atoms with Crippen LogP contribution in [0, 0.1) is 6.92 Å². The number of ether oxygens (including phenoxy) is 1. The Labute approximate surface area is 226 Å². The number of piperidine rings is 1. The second kappa shape index (κ2) is 9.35. The fourth-order valence-electron chi connectivity index (χ4n) is 6.03. The minimum atomic E-state index is -3.33. The van der Waals surface area contributed by atoms with Crippen molar-refractivity contribution in [2.24, 2.45) is 0 Å². The second-order valence-electron chi connectivity index (χ2n) is 10.1. The summed E-state index contributed by atoms with van der Waals surface area (Å²) in [6.45, 7) is 2.80. The molecular weight excluding hydrogens is 516 g/mol. The highest BCUT2D eigenvalue weighted by Crippen LogP contribution is 2.49. The van der Waals surface area contributed by atoms with Crippen LogP contribution >= 0.6 is 0 Å². The van der Waals surface area contributed by atoms with E-state index in [9.17, 15) is 13.2 Å². The van der Waals surface area contributed by atoms with Crippen molar-refractivity contribution in [2.45, 2.75) is 31.7 Å². The number of benzene rings is 1. The van der Waals surface area contributed by atoms with E-state index < -0.39 is 15.4 Å². The summed E-state index contributed by atoms with van der Waals surface area (Å²) in [7, 11) is -1.69. The maximum absolute atomic E-state index is 14.2. The first-order valence-electron chi connectivity index (χ1n) is 12.7. The van der Waals surface area contributed by atoms with E-state index >= 15 is 0 Å². The molecule has 0 N–H and O–H groups in total. The van der Waals surface area contributed by atoms with E-state index in [1.165, 1.54) is 16.9 Å². The largest absolute Gasteiger partial charge is 0.496 e. The minimum Gasteiger partial charge on any atom is -0.496 e. The molecule has 3 aromatic heterocycles. The summed E-state index contributed by atoms with van der Waals surface area (Å²) in [5.74, 6) is 0.714. The molecule has 39 heavy (non-hydrogen) atoms. The number of aromatic nitrogens is 4. The van der Waals surface area contributed by atoms with E-state index in [2.05, 4.69) is 15.0 Å². The molecule has 0 aliphatic carbocycles. The molecule has 2 aliphatic heterocycles. The highest BCUT2D eigenvalue weighted by Gasteiger charge is 2.53. The number of amides is 1. The summed E-state index contributed by atoms with van der Waals surface area (Å²) in [4.78, 5) is 33.6. The van der Waals surface area contributed by atoms with Crippen LogP contribution in [-0.4, -0.2) is 65.0 Å². The van der Waals surface area contributed by atoms with Crippen LogP contribution in [0.3, 0.4) is 0 Å². The number of carbonyl (C=O) groups is 1. The number of carbonyl (C=O) groups excluding carboxylic acids is 1. The first kappa shape index (κ1) is 25.3. The highest BCUT2D eigenvalue weighted by molar-refractivity contribution is 7.88. The van der Waals surface area contributed by atoms with Gasteiger partial charge in [-0.25, -0.2) is 22.7 Å². The number of anilines is 1. The van der Waals surface area contributed by atoms with E-state index in [0.29, 0.717) is 31.6 Å². The summed E-state index contributed by atoms with van der Waals surface area (Å²) < 4.78 is 31.3. The molecule has 2 aliphatic rings. The van der Waals surface area contributed by atoms with E-state index in [1.807, 2.05) is 31.3 Å². The molecule has 11 heteroatoms. The molecule has 1 aromatic carbocycles. The van der Waals surface area contributed by atoms with Gasteiger partial charge in [0.15, 0.2) is 0 Å². The lowest BCUT2D eigenvalue weighted by Crippen LogP contribution is -2.49. The highest BCUT2D eigenvalue weighted by atomic mass is 32.2. The van der Waals surface area contributed by atoms with Crippen molar-refractivity contribution in [1.82, 2.24) is 24.2 Å². The number of pyridine rings is 2. The number of nitrogens with zero attached hydrogens (tertiary/aromatic N) is 6. The zero-order valence-electron chi connectivity index (χ0n) is 22.0. The van der Waals surface area contributed by atoms with Crippen LogP contribution in [0.2, 0.25) is 0 Å². The van der Waals surface area contributed by atoms with Gasteiger partial charge in [-0.3, -0.25) is 14.8 Å². The van der Waals surface area contributed by atoms with Crippen molar-refractivity contribution in [3.05, 3.63) is 72.3 Å². The van der Waals surface area contributed by atoms with Gasteiger partial charge in [-0.15, -0.1) is 0 Å². The average Bonchev–Trinajstić information content (AvgIpc) is 3.16. The summed E-state index contributed by atoms with van der Waals surface area (Å²) in [5, 5.41) is 1.90. The van der Waals surface area contributed by atoms with Gasteiger partial charge >= 0.3 is 0 Å². The van der Waals surface area contributed by atoms with Gasteiger partial charge in [0.1, 0.15) is 12.1 Å². The maximum Gasteiger partial charge on any atom is 0.238 e. The molecule has 4 aromatic rings. The fourth-order valence-corrected chi connectivity index (χ4v) is 6.87. The Bertz CT molecular complexity index is 1700. The molecule has 1 amide bonds. The number of sulfonamides is 1. The third kappa shape index (κ3) is 4.04. The maximum atomic E-state index is 14.2. The van der Waals surface area contributed by atoms with Crippen molar-refractivity contribution >= 4 is 32.4 Å². The number of fused-ring (bicyclic) bond motifs is 3. The summed E-state index contributed by atoms with van der Waals surface area (Å²) in [6.07, 6.45) is 12.2. The lowest BCUT2D eigenvalue weighted by molar-refractivity contribution is -0.124. The zero-order chi connectivity index (χ0) is 27.4. The Hall–Kier alpha value is -3.96. The van der Waals surface area contributed by atoms with Crippen LogP contribution in [0.1, 0.15) is 29.7 Å². The van der Waals surface area contributed by atoms with Gasteiger partial charge in [0.2, 0.25) is 15.9 Å². The van der Waals surface area contributed by atoms with Crippen molar-refractivity contribution in [1.29, 1.82) is 0 Å². The molecule has 0 unspecified atom stereocenters. The van der Waals surface area contributed by atoms with Crippen molar-refractivity contribution < 1.29 is 17.9 Å². The molecule has 1 fully saturated rings. The van der Waals surface area contributed by atoms with Crippen molar-refractivity contribution in [3.8, 4) is 16.9 Å². The Morgan fingerprint density at radius 1 is 1.00 bits per heavy atom. The van der Waals surface area contributed by atoms with Crippen LogP contribution in [0.25, 0.3) is 21.9 Å². The van der Waals surface area contributed by atoms with E-state index in [0.717, 1.165) is 44.5 Å². The molecule has 5 heterocycles. The van der Waals surface area contributed by atoms with Crippen LogP contribution in [-0.2, 0) is 26.8 Å². The van der Waals surface area contributed by atoms with Crippen molar-refractivity contribution in [2.75, 3.05) is 31.4 Å². The van der Waals surface area contributed by atoms with Gasteiger partial charge in [0.05, 0.1) is 42.9 Å². The van der Waals surface area contributed by atoms with E-state index in [1.54, 1.807) is 36.8 Å². The van der Waals surface area contributed by atoms with Crippen LogP contribution in [0.4, 0.5) is 5.69 Å². The Kier molecular flexibility index (Phi) is 6.07. The lowest BCUT2D eigenvalue weighted by Gasteiger charge is -2.37. The zero-order valence-corrected chi connectivity index (χ0v) is 22.8. The topological polar surface area (TPSA) is 118 Å². The third-order valence-corrected chi connectivity index (χ3v) is 9.36. The molecule has 0 saturated carbocycles. The summed E-state index contributed by atoms with van der Waals surface area (Å²) in [6, 6.07) is 5.82. The van der Waals surface area contributed by atoms with Crippen LogP contribution in [0.5, 0.6) is 5.75 Å². The molecule has 200 valence electrons. The quantitative estimate of drug-likeness (QED) is 0.376. The Balaban J connectivity index is 1.46. The number of hydrogen-bond donors (Lipinski definition) is 0. The first-order chi connectivity index (χ1) is 18.7. The third-order valence-electron chi connectivity index (χ3n) is 8.06. The van der Waals surface area contributed by atoms with Gasteiger partial charge in [-0.05, 0) is 48.9 Å². The molecule has 1 spiro atoms. The fraction of sp³-hybridized carbons (Fsp3) is 0.321. The second-order valence-corrected chi connectivity index (χ2v) is 12.1. The average molecular weight is 545 g/mol. The smallest absolute Gasteiger partial charge is 0.238 e. The van der Waals surface area contributed by atoms with Gasteiger partial charge in [-0.2, -0.15) is 0 Å². The predicted octanol–water partition coefficient (Wildman–Crippen LogP) is 3.24. The normalized spacial score (nSPS) is 17.1. The number of aryl methyl sites for hydroxylation is 1. The van der Waals surface area contributed by atoms with Crippen LogP contribution in [0.15, 0.2) is 55.5 Å². The Morgan fingerprint density at radius 3 is 2.44 bits per heavy atom. The molecule has 0 atom stereocenters. The first-order valence-corrected chi connectivity index (χ1v) is 14.5. The predicted molar refractivity (Wildman–Crippen MR) is 147 cm³/mol. The van der Waals surface area contributed by atoms with Gasteiger partial charge < -0.3 is 9.64 Å². The van der Waals surface area contributed by atoms with Crippen molar-refractivity contribution in [3.63, 3.8) is 0 Å². The molecule has 1 saturated heterocycles. The standard InChI is InChI=1S/C28H28N6O4S/c1-18-21-14-32-23(26(19-12-30-17-31-13-19)20(21)4-5-25(18)38-2)16-34-24-15-29-9-6-22(24)28(27(34)35)7-10-33(11-8-28)39(3,36)37/h4-6,9,12-15,17H,7-8,10-11,16H2,1-3H3. The molecular formula is C28H28N6O4S. The molecule has 0 bridgehead atoms. The van der Waals surface area contributed by atoms with E-state index in [4.69, 9.17) is 9.72 Å². The SMILES string of the molecule is COc1ccc2c(-c3cncnc3)c(CN3C(=O)C4(CCN(S(C)(=O)=O)CC4)c4ccncc43)ncc2c1C. The van der Waals surface area contributed by atoms with Gasteiger partial charge in [0, 0.05) is 60.0 Å². The van der Waals surface area contributed by atoms with Gasteiger partial charge in [-0.1, -0.05) is 0 Å². The summed E-state index contributed by atoms with van der Waals surface area (Å²) in [5.41, 5.74) is 4.15. The minimum absolute atomic E-state index is 0.0540. The molecule has 6 rings (SSSR count). The Morgan fingerprint density at radius 2 is 1.74 bits per heavy atom. The summed E-state index contributed by atoms with van der Waals surface area (Å²) >= 11 is 0. The van der Waals surface area contributed by atoms with E-state index in [-0.39, 0.29) is 12.5 Å². The lowest BCUT2D eigenvalue weighted by atomic mass is 9.74.